The molecule has 0 heterocycles. The smallest absolute Gasteiger partial charge is 0.252 e. The van der Waals surface area contributed by atoms with E-state index < -0.39 is 5.91 Å². The van der Waals surface area contributed by atoms with Crippen molar-refractivity contribution in [1.29, 1.82) is 0 Å². The van der Waals surface area contributed by atoms with E-state index in [4.69, 9.17) is 5.73 Å². The summed E-state index contributed by atoms with van der Waals surface area (Å²) in [6, 6.07) is 8.97. The van der Waals surface area contributed by atoms with Crippen molar-refractivity contribution in [1.82, 2.24) is 0 Å². The van der Waals surface area contributed by atoms with Crippen molar-refractivity contribution in [2.24, 2.45) is 5.73 Å². The van der Waals surface area contributed by atoms with Gasteiger partial charge in [-0.05, 0) is 11.6 Å². The maximum absolute atomic E-state index is 10.6. The standard InChI is InChI=1S/C10H8NO2/c11-10(13)9(7-12)6-8-4-2-1-3-5-8/h1-6H,(H2,11,13). The van der Waals surface area contributed by atoms with E-state index in [9.17, 15) is 9.59 Å². The minimum atomic E-state index is -0.765. The van der Waals surface area contributed by atoms with E-state index in [1.165, 1.54) is 12.4 Å². The van der Waals surface area contributed by atoms with Gasteiger partial charge in [-0.2, -0.15) is 0 Å². The second-order valence-corrected chi connectivity index (χ2v) is 2.44. The first-order valence-corrected chi connectivity index (χ1v) is 3.68. The molecule has 1 aromatic carbocycles. The zero-order chi connectivity index (χ0) is 9.68. The lowest BCUT2D eigenvalue weighted by molar-refractivity contribution is -0.114. The third-order valence-corrected chi connectivity index (χ3v) is 1.49. The molecular formula is C10H8NO2. The number of carbonyl (C=O) groups excluding carboxylic acids is 2. The van der Waals surface area contributed by atoms with Crippen molar-refractivity contribution in [3.63, 3.8) is 0 Å². The minimum absolute atomic E-state index is 0.147. The Balaban J connectivity index is 2.98. The summed E-state index contributed by atoms with van der Waals surface area (Å²) in [5.41, 5.74) is 5.53. The van der Waals surface area contributed by atoms with E-state index in [1.54, 1.807) is 24.3 Å². The van der Waals surface area contributed by atoms with Crippen LogP contribution in [-0.2, 0) is 9.59 Å². The van der Waals surface area contributed by atoms with Gasteiger partial charge in [-0.3, -0.25) is 9.59 Å². The predicted octanol–water partition coefficient (Wildman–Crippen LogP) is 0.665. The number of hydrogen-bond acceptors (Lipinski definition) is 2. The summed E-state index contributed by atoms with van der Waals surface area (Å²) in [6.07, 6.45) is 2.88. The van der Waals surface area contributed by atoms with Gasteiger partial charge in [-0.15, -0.1) is 0 Å². The van der Waals surface area contributed by atoms with Crippen molar-refractivity contribution < 1.29 is 9.59 Å². The molecule has 1 radical (unpaired) electrons. The van der Waals surface area contributed by atoms with Gasteiger partial charge in [0, 0.05) is 0 Å². The highest BCUT2D eigenvalue weighted by Crippen LogP contribution is 2.04. The maximum atomic E-state index is 10.6. The zero-order valence-electron chi connectivity index (χ0n) is 6.86. The normalized spacial score (nSPS) is 10.9. The average Bonchev–Trinajstić information content (AvgIpc) is 2.15. The van der Waals surface area contributed by atoms with E-state index >= 15 is 0 Å². The second kappa shape index (κ2) is 4.21. The molecule has 0 saturated carbocycles. The van der Waals surface area contributed by atoms with E-state index in [0.717, 1.165) is 5.56 Å². The average molecular weight is 174 g/mol. The fourth-order valence-electron chi connectivity index (χ4n) is 0.867. The molecule has 3 nitrogen and oxygen atoms in total. The lowest BCUT2D eigenvalue weighted by atomic mass is 10.1. The lowest BCUT2D eigenvalue weighted by Gasteiger charge is -1.93. The Morgan fingerprint density at radius 3 is 2.38 bits per heavy atom. The Hall–Kier alpha value is -1.90. The Bertz CT molecular complexity index is 341. The lowest BCUT2D eigenvalue weighted by Crippen LogP contribution is -2.14. The van der Waals surface area contributed by atoms with Crippen molar-refractivity contribution in [2.75, 3.05) is 0 Å². The molecule has 65 valence electrons. The number of amides is 1. The molecule has 0 spiro atoms. The van der Waals surface area contributed by atoms with Crippen LogP contribution in [0.1, 0.15) is 5.56 Å². The van der Waals surface area contributed by atoms with Crippen molar-refractivity contribution in [3.05, 3.63) is 41.5 Å². The summed E-state index contributed by atoms with van der Waals surface area (Å²) in [5.74, 6) is -0.765. The Labute approximate surface area is 75.9 Å². The van der Waals surface area contributed by atoms with Crippen molar-refractivity contribution in [3.8, 4) is 0 Å². The topological polar surface area (TPSA) is 60.2 Å². The summed E-state index contributed by atoms with van der Waals surface area (Å²) in [6.45, 7) is 0. The molecule has 0 saturated heterocycles. The molecule has 0 aliphatic carbocycles. The highest BCUT2D eigenvalue weighted by Gasteiger charge is 2.03. The fraction of sp³-hybridized carbons (Fsp3) is 0. The summed E-state index contributed by atoms with van der Waals surface area (Å²) in [4.78, 5) is 20.9. The summed E-state index contributed by atoms with van der Waals surface area (Å²) >= 11 is 0. The maximum Gasteiger partial charge on any atom is 0.252 e. The monoisotopic (exact) mass is 174 g/mol. The van der Waals surface area contributed by atoms with Gasteiger partial charge in [0.25, 0.3) is 5.91 Å². The van der Waals surface area contributed by atoms with Gasteiger partial charge in [-0.1, -0.05) is 30.3 Å². The third kappa shape index (κ3) is 2.56. The molecule has 1 rings (SSSR count). The molecule has 0 aliphatic heterocycles. The molecule has 0 fully saturated rings. The van der Waals surface area contributed by atoms with Gasteiger partial charge in [0.15, 0.2) is 0 Å². The molecule has 0 aliphatic rings. The quantitative estimate of drug-likeness (QED) is 0.416. The van der Waals surface area contributed by atoms with Crippen LogP contribution in [0.3, 0.4) is 0 Å². The first-order chi connectivity index (χ1) is 6.24. The molecule has 1 amide bonds. The zero-order valence-corrected chi connectivity index (χ0v) is 6.86. The SMILES string of the molecule is NC(=O)C([C]=O)=Cc1ccccc1. The van der Waals surface area contributed by atoms with Crippen LogP contribution in [0.2, 0.25) is 0 Å². The number of benzene rings is 1. The van der Waals surface area contributed by atoms with E-state index in [1.807, 2.05) is 6.07 Å². The van der Waals surface area contributed by atoms with Crippen LogP contribution in [0.4, 0.5) is 0 Å². The summed E-state index contributed by atoms with van der Waals surface area (Å²) < 4.78 is 0. The van der Waals surface area contributed by atoms with Crippen LogP contribution in [0.25, 0.3) is 6.08 Å². The van der Waals surface area contributed by atoms with Crippen LogP contribution in [0.5, 0.6) is 0 Å². The summed E-state index contributed by atoms with van der Waals surface area (Å²) in [7, 11) is 0. The molecule has 0 unspecified atom stereocenters. The van der Waals surface area contributed by atoms with Gasteiger partial charge in [0.2, 0.25) is 6.29 Å². The highest BCUT2D eigenvalue weighted by atomic mass is 16.2. The van der Waals surface area contributed by atoms with E-state index in [0.29, 0.717) is 0 Å². The molecular weight excluding hydrogens is 166 g/mol. The fourth-order valence-corrected chi connectivity index (χ4v) is 0.867. The molecule has 3 heteroatoms. The van der Waals surface area contributed by atoms with Gasteiger partial charge in [0.05, 0.1) is 5.57 Å². The summed E-state index contributed by atoms with van der Waals surface area (Å²) in [5, 5.41) is 0. The van der Waals surface area contributed by atoms with Crippen LogP contribution in [-0.4, -0.2) is 12.2 Å². The number of rotatable bonds is 3. The van der Waals surface area contributed by atoms with Crippen LogP contribution >= 0.6 is 0 Å². The van der Waals surface area contributed by atoms with Crippen LogP contribution in [0, 0.1) is 0 Å². The molecule has 0 bridgehead atoms. The second-order valence-electron chi connectivity index (χ2n) is 2.44. The molecule has 1 aromatic rings. The molecule has 0 atom stereocenters. The van der Waals surface area contributed by atoms with Crippen molar-refractivity contribution in [2.45, 2.75) is 0 Å². The highest BCUT2D eigenvalue weighted by molar-refractivity contribution is 6.13. The number of hydrogen-bond donors (Lipinski definition) is 1. The number of nitrogens with two attached hydrogens (primary N) is 1. The minimum Gasteiger partial charge on any atom is -0.365 e. The first-order valence-electron chi connectivity index (χ1n) is 3.68. The predicted molar refractivity (Wildman–Crippen MR) is 49.3 cm³/mol. The molecule has 2 N–H and O–H groups in total. The van der Waals surface area contributed by atoms with Gasteiger partial charge in [-0.25, -0.2) is 0 Å². The Morgan fingerprint density at radius 1 is 1.31 bits per heavy atom. The number of carbonyl (C=O) groups is 1. The van der Waals surface area contributed by atoms with Crippen molar-refractivity contribution >= 4 is 18.3 Å². The largest absolute Gasteiger partial charge is 0.365 e. The third-order valence-electron chi connectivity index (χ3n) is 1.49. The molecule has 0 aromatic heterocycles. The van der Waals surface area contributed by atoms with Gasteiger partial charge in [0.1, 0.15) is 0 Å². The van der Waals surface area contributed by atoms with Gasteiger partial charge < -0.3 is 5.73 Å². The first kappa shape index (κ1) is 9.19. The Morgan fingerprint density at radius 2 is 1.92 bits per heavy atom. The number of primary amides is 1. The molecule has 13 heavy (non-hydrogen) atoms. The van der Waals surface area contributed by atoms with Gasteiger partial charge >= 0.3 is 0 Å². The van der Waals surface area contributed by atoms with Crippen LogP contribution in [0.15, 0.2) is 35.9 Å². The van der Waals surface area contributed by atoms with E-state index in [2.05, 4.69) is 0 Å². The van der Waals surface area contributed by atoms with Crippen LogP contribution < -0.4 is 5.73 Å². The Kier molecular flexibility index (Phi) is 2.97. The van der Waals surface area contributed by atoms with E-state index in [-0.39, 0.29) is 5.57 Å².